The van der Waals surface area contributed by atoms with Crippen molar-refractivity contribution in [2.24, 2.45) is 0 Å². The van der Waals surface area contributed by atoms with Crippen LogP contribution >= 0.6 is 0 Å². The SMILES string of the molecule is CC1(c2ccc3c(c2)CCC3)NC(=O)N(CCCCCO)C1=O. The lowest BCUT2D eigenvalue weighted by Gasteiger charge is -2.23. The summed E-state index contributed by atoms with van der Waals surface area (Å²) in [4.78, 5) is 26.3. The van der Waals surface area contributed by atoms with Gasteiger partial charge < -0.3 is 10.4 Å². The Hall–Kier alpha value is -1.88. The van der Waals surface area contributed by atoms with E-state index in [-0.39, 0.29) is 18.5 Å². The molecule has 2 N–H and O–H groups in total. The maximum absolute atomic E-state index is 12.8. The van der Waals surface area contributed by atoms with Gasteiger partial charge in [0.15, 0.2) is 0 Å². The Labute approximate surface area is 136 Å². The fraction of sp³-hybridized carbons (Fsp3) is 0.556. The molecule has 0 bridgehead atoms. The van der Waals surface area contributed by atoms with Gasteiger partial charge >= 0.3 is 6.03 Å². The number of fused-ring (bicyclic) bond motifs is 1. The largest absolute Gasteiger partial charge is 0.396 e. The summed E-state index contributed by atoms with van der Waals surface area (Å²) in [6.45, 7) is 2.34. The number of unbranched alkanes of at least 4 members (excludes halogenated alkanes) is 2. The quantitative estimate of drug-likeness (QED) is 0.624. The molecule has 1 aliphatic heterocycles. The summed E-state index contributed by atoms with van der Waals surface area (Å²) in [7, 11) is 0. The van der Waals surface area contributed by atoms with Gasteiger partial charge in [-0.3, -0.25) is 9.69 Å². The van der Waals surface area contributed by atoms with Gasteiger partial charge in [-0.1, -0.05) is 18.2 Å². The van der Waals surface area contributed by atoms with Crippen LogP contribution in [0.2, 0.25) is 0 Å². The number of aliphatic hydroxyl groups is 1. The van der Waals surface area contributed by atoms with Crippen LogP contribution in [-0.2, 0) is 23.2 Å². The number of imide groups is 1. The van der Waals surface area contributed by atoms with E-state index in [1.165, 1.54) is 16.0 Å². The van der Waals surface area contributed by atoms with Gasteiger partial charge in [-0.05, 0) is 62.1 Å². The minimum atomic E-state index is -0.967. The normalized spacial score (nSPS) is 23.3. The third-order valence-corrected chi connectivity index (χ3v) is 4.99. The maximum atomic E-state index is 12.8. The third kappa shape index (κ3) is 2.85. The molecule has 5 nitrogen and oxygen atoms in total. The zero-order valence-corrected chi connectivity index (χ0v) is 13.6. The van der Waals surface area contributed by atoms with Crippen molar-refractivity contribution in [3.8, 4) is 0 Å². The molecule has 2 aliphatic rings. The Morgan fingerprint density at radius 2 is 1.96 bits per heavy atom. The fourth-order valence-corrected chi connectivity index (χ4v) is 3.54. The van der Waals surface area contributed by atoms with E-state index in [0.29, 0.717) is 13.0 Å². The molecule has 3 rings (SSSR count). The Morgan fingerprint density at radius 3 is 2.74 bits per heavy atom. The molecule has 1 aliphatic carbocycles. The molecular formula is C18H24N2O3. The number of nitrogens with one attached hydrogen (secondary N) is 1. The van der Waals surface area contributed by atoms with Gasteiger partial charge in [0.05, 0.1) is 0 Å². The third-order valence-electron chi connectivity index (χ3n) is 4.99. The number of benzene rings is 1. The molecule has 0 aromatic heterocycles. The molecule has 0 spiro atoms. The number of amides is 3. The maximum Gasteiger partial charge on any atom is 0.325 e. The average Bonchev–Trinajstić information content (AvgIpc) is 3.09. The zero-order chi connectivity index (χ0) is 16.4. The molecule has 1 unspecified atom stereocenters. The van der Waals surface area contributed by atoms with Crippen molar-refractivity contribution in [2.45, 2.75) is 51.0 Å². The van der Waals surface area contributed by atoms with Crippen molar-refractivity contribution >= 4 is 11.9 Å². The van der Waals surface area contributed by atoms with E-state index in [1.807, 2.05) is 6.07 Å². The lowest BCUT2D eigenvalue weighted by molar-refractivity contribution is -0.131. The average molecular weight is 316 g/mol. The Bertz CT molecular complexity index is 629. The highest BCUT2D eigenvalue weighted by Crippen LogP contribution is 2.32. The smallest absolute Gasteiger partial charge is 0.325 e. The van der Waals surface area contributed by atoms with E-state index >= 15 is 0 Å². The Balaban J connectivity index is 1.77. The minimum absolute atomic E-state index is 0.146. The van der Waals surface area contributed by atoms with Gasteiger partial charge in [-0.15, -0.1) is 0 Å². The highest BCUT2D eigenvalue weighted by Gasteiger charge is 2.48. The van der Waals surface area contributed by atoms with E-state index in [1.54, 1.807) is 6.92 Å². The molecular weight excluding hydrogens is 292 g/mol. The van der Waals surface area contributed by atoms with Crippen molar-refractivity contribution in [3.63, 3.8) is 0 Å². The van der Waals surface area contributed by atoms with Crippen LogP contribution < -0.4 is 5.32 Å². The van der Waals surface area contributed by atoms with Gasteiger partial charge in [0.2, 0.25) is 0 Å². The summed E-state index contributed by atoms with van der Waals surface area (Å²) in [5, 5.41) is 11.7. The summed E-state index contributed by atoms with van der Waals surface area (Å²) in [6.07, 6.45) is 5.54. The molecule has 1 aromatic rings. The number of urea groups is 1. The van der Waals surface area contributed by atoms with Gasteiger partial charge in [-0.25, -0.2) is 4.79 Å². The summed E-state index contributed by atoms with van der Waals surface area (Å²) in [5.41, 5.74) is 2.56. The number of aryl methyl sites for hydroxylation is 2. The van der Waals surface area contributed by atoms with E-state index < -0.39 is 5.54 Å². The summed E-state index contributed by atoms with van der Waals surface area (Å²) >= 11 is 0. The number of carbonyl (C=O) groups is 2. The zero-order valence-electron chi connectivity index (χ0n) is 13.6. The molecule has 1 heterocycles. The first-order chi connectivity index (χ1) is 11.1. The lowest BCUT2D eigenvalue weighted by atomic mass is 9.89. The highest BCUT2D eigenvalue weighted by atomic mass is 16.3. The van der Waals surface area contributed by atoms with Crippen LogP contribution in [0.1, 0.15) is 49.3 Å². The van der Waals surface area contributed by atoms with Crippen LogP contribution in [0.25, 0.3) is 0 Å². The van der Waals surface area contributed by atoms with Crippen LogP contribution in [0.15, 0.2) is 18.2 Å². The highest BCUT2D eigenvalue weighted by molar-refractivity contribution is 6.07. The minimum Gasteiger partial charge on any atom is -0.396 e. The van der Waals surface area contributed by atoms with Crippen molar-refractivity contribution < 1.29 is 14.7 Å². The monoisotopic (exact) mass is 316 g/mol. The van der Waals surface area contributed by atoms with Crippen LogP contribution in [0.3, 0.4) is 0 Å². The molecule has 1 aromatic carbocycles. The van der Waals surface area contributed by atoms with Crippen molar-refractivity contribution in [3.05, 3.63) is 34.9 Å². The fourth-order valence-electron chi connectivity index (χ4n) is 3.54. The van der Waals surface area contributed by atoms with Gasteiger partial charge in [-0.2, -0.15) is 0 Å². The number of aliphatic hydroxyl groups excluding tert-OH is 1. The number of rotatable bonds is 6. The number of carbonyl (C=O) groups excluding carboxylic acids is 2. The first-order valence-corrected chi connectivity index (χ1v) is 8.43. The molecule has 23 heavy (non-hydrogen) atoms. The lowest BCUT2D eigenvalue weighted by Crippen LogP contribution is -2.41. The van der Waals surface area contributed by atoms with Crippen LogP contribution in [0, 0.1) is 0 Å². The molecule has 124 valence electrons. The van der Waals surface area contributed by atoms with E-state index in [0.717, 1.165) is 37.7 Å². The Kier molecular flexibility index (Phi) is 4.39. The number of hydrogen-bond acceptors (Lipinski definition) is 3. The van der Waals surface area contributed by atoms with E-state index in [4.69, 9.17) is 5.11 Å². The molecule has 0 saturated carbocycles. The summed E-state index contributed by atoms with van der Waals surface area (Å²) in [6, 6.07) is 5.82. The standard InChI is InChI=1S/C18H24N2O3/c1-18(15-9-8-13-6-5-7-14(13)12-15)16(22)20(17(23)19-18)10-3-2-4-11-21/h8-9,12,21H,2-7,10-11H2,1H3,(H,19,23). The van der Waals surface area contributed by atoms with Gasteiger partial charge in [0, 0.05) is 13.2 Å². The first kappa shape index (κ1) is 16.0. The second-order valence-electron chi connectivity index (χ2n) is 6.63. The predicted molar refractivity (Wildman–Crippen MR) is 87.0 cm³/mol. The second-order valence-corrected chi connectivity index (χ2v) is 6.63. The summed E-state index contributed by atoms with van der Waals surface area (Å²) < 4.78 is 0. The molecule has 1 atom stereocenters. The first-order valence-electron chi connectivity index (χ1n) is 8.43. The molecule has 5 heteroatoms. The summed E-state index contributed by atoms with van der Waals surface area (Å²) in [5.74, 6) is -0.176. The van der Waals surface area contributed by atoms with Crippen molar-refractivity contribution in [2.75, 3.05) is 13.2 Å². The molecule has 3 amide bonds. The number of nitrogens with zero attached hydrogens (tertiary/aromatic N) is 1. The predicted octanol–water partition coefficient (Wildman–Crippen LogP) is 2.10. The van der Waals surface area contributed by atoms with Crippen molar-refractivity contribution in [1.29, 1.82) is 0 Å². The molecule has 1 fully saturated rings. The van der Waals surface area contributed by atoms with E-state index in [2.05, 4.69) is 17.4 Å². The van der Waals surface area contributed by atoms with Crippen molar-refractivity contribution in [1.82, 2.24) is 10.2 Å². The number of hydrogen-bond donors (Lipinski definition) is 2. The van der Waals surface area contributed by atoms with Crippen LogP contribution in [0.5, 0.6) is 0 Å². The van der Waals surface area contributed by atoms with Crippen LogP contribution in [0.4, 0.5) is 4.79 Å². The molecule has 0 radical (unpaired) electrons. The second kappa shape index (κ2) is 6.32. The van der Waals surface area contributed by atoms with Gasteiger partial charge in [0.1, 0.15) is 5.54 Å². The topological polar surface area (TPSA) is 69.6 Å². The molecule has 1 saturated heterocycles. The van der Waals surface area contributed by atoms with E-state index in [9.17, 15) is 9.59 Å². The van der Waals surface area contributed by atoms with Gasteiger partial charge in [0.25, 0.3) is 5.91 Å². The Morgan fingerprint density at radius 1 is 1.17 bits per heavy atom. The van der Waals surface area contributed by atoms with Crippen LogP contribution in [-0.4, -0.2) is 35.1 Å².